The van der Waals surface area contributed by atoms with Gasteiger partial charge in [0.1, 0.15) is 34.3 Å². The maximum Gasteiger partial charge on any atom is 0.430 e. The van der Waals surface area contributed by atoms with E-state index in [1.165, 1.54) is 12.1 Å². The molecule has 1 atom stereocenters. The summed E-state index contributed by atoms with van der Waals surface area (Å²) in [6.45, 7) is 6.01. The zero-order chi connectivity index (χ0) is 42.5. The van der Waals surface area contributed by atoms with E-state index in [2.05, 4.69) is 30.8 Å². The van der Waals surface area contributed by atoms with Gasteiger partial charge in [-0.3, -0.25) is 9.59 Å². The third-order valence-corrected chi connectivity index (χ3v) is 12.4. The monoisotopic (exact) mass is 860 g/mol. The molecule has 0 spiro atoms. The van der Waals surface area contributed by atoms with E-state index in [9.17, 15) is 31.2 Å². The first-order valence-electron chi connectivity index (χ1n) is 18.4. The minimum atomic E-state index is -5.19. The van der Waals surface area contributed by atoms with E-state index < -0.39 is 33.7 Å². The van der Waals surface area contributed by atoms with Crippen LogP contribution in [0.3, 0.4) is 0 Å². The minimum Gasteiger partial charge on any atom is -0.542 e. The number of carboxylic acids is 1. The molecule has 5 rings (SSSR count). The van der Waals surface area contributed by atoms with E-state index in [1.54, 1.807) is 15.9 Å². The first-order chi connectivity index (χ1) is 26.5. The first-order valence-corrected chi connectivity index (χ1v) is 20.6. The van der Waals surface area contributed by atoms with Crippen LogP contribution in [0.15, 0.2) is 41.3 Å². The van der Waals surface area contributed by atoms with Crippen molar-refractivity contribution in [3.63, 3.8) is 0 Å². The number of hydrogen-bond donors (Lipinski definition) is 2. The van der Waals surface area contributed by atoms with Crippen LogP contribution in [0.25, 0.3) is 10.9 Å². The average Bonchev–Trinajstić information content (AvgIpc) is 3.59. The molecule has 1 aromatic heterocycles. The number of carbonyl (C=O) groups excluding carboxylic acids is 3. The lowest BCUT2D eigenvalue weighted by Gasteiger charge is -2.40. The number of nitrogens with zero attached hydrogens (tertiary/aromatic N) is 4. The number of halogens is 5. The molecule has 314 valence electrons. The maximum atomic E-state index is 14.1. The second-order valence-corrected chi connectivity index (χ2v) is 17.9. The number of aliphatic carboxylic acids is 1. The number of rotatable bonds is 12. The molecule has 1 saturated heterocycles. The molecule has 2 fully saturated rings. The van der Waals surface area contributed by atoms with Gasteiger partial charge < -0.3 is 34.7 Å². The number of para-hydroxylation sites is 1. The van der Waals surface area contributed by atoms with Crippen molar-refractivity contribution < 1.29 is 50.3 Å². The smallest absolute Gasteiger partial charge is 0.430 e. The van der Waals surface area contributed by atoms with Crippen molar-refractivity contribution in [3.8, 4) is 5.75 Å². The molecular weight excluding hydrogens is 812 g/mol. The molecule has 1 saturated carbocycles. The number of ether oxygens (including phenoxy) is 1. The molecule has 0 bridgehead atoms. The maximum absolute atomic E-state index is 14.1. The van der Waals surface area contributed by atoms with Crippen LogP contribution in [0, 0.1) is 13.8 Å². The molecule has 0 radical (unpaired) electrons. The van der Waals surface area contributed by atoms with Crippen LogP contribution in [0.5, 0.6) is 5.75 Å². The summed E-state index contributed by atoms with van der Waals surface area (Å²) in [5, 5.41) is 9.91. The summed E-state index contributed by atoms with van der Waals surface area (Å²) in [7, 11) is 2.03. The Morgan fingerprint density at radius 2 is 1.63 bits per heavy atom. The standard InChI is InChI=1S/C36H49Cl2N6O5S.C2HF3O2/c1-24-22-25(2)40-33-26(24)10-8-12-30(33)49-23-27-28(37)13-14-31(32(27)38)50(47,48)41-36(15-6-7-16-36)35(46)43-19-17-42(18-20-43)34(45)29(39)11-9-21-44(3,4)5;3-2(4,5)1(6)7/h8,10,12-14,22,29,41H,6-7,9,11,15-21,23,39H2,1-5H3;(H,6,7)/q+1;/p-1/t29-;/m0./s1. The second-order valence-electron chi connectivity index (χ2n) is 15.4. The number of carbonyl (C=O) groups is 3. The van der Waals surface area contributed by atoms with Crippen molar-refractivity contribution in [1.29, 1.82) is 0 Å². The largest absolute Gasteiger partial charge is 0.542 e. The van der Waals surface area contributed by atoms with Gasteiger partial charge in [-0.15, -0.1) is 0 Å². The van der Waals surface area contributed by atoms with Gasteiger partial charge in [0.2, 0.25) is 21.8 Å². The molecule has 13 nitrogen and oxygen atoms in total. The SMILES string of the molecule is Cc1cc(C)c2cccc(OCc3c(Cl)ccc(S(=O)(=O)NC4(C(=O)N5CCN(C(=O)[C@@H](N)CCC[N+](C)(C)C)CC5)CCCC4)c3Cl)c2n1.O=C([O-])C(F)(F)F. The molecule has 19 heteroatoms. The number of amides is 2. The molecule has 57 heavy (non-hydrogen) atoms. The van der Waals surface area contributed by atoms with E-state index in [4.69, 9.17) is 43.6 Å². The number of alkyl halides is 3. The molecule has 3 N–H and O–H groups in total. The number of aromatic nitrogens is 1. The molecule has 2 heterocycles. The number of aryl methyl sites for hydroxylation is 2. The van der Waals surface area contributed by atoms with Crippen LogP contribution in [0.1, 0.15) is 55.3 Å². The summed E-state index contributed by atoms with van der Waals surface area (Å²) in [5.74, 6) is -2.89. The van der Waals surface area contributed by atoms with E-state index in [1.807, 2.05) is 32.0 Å². The summed E-state index contributed by atoms with van der Waals surface area (Å²) in [6, 6.07) is 9.87. The van der Waals surface area contributed by atoms with Gasteiger partial charge in [-0.25, -0.2) is 13.4 Å². The Balaban J connectivity index is 0.000000940. The number of hydrogen-bond acceptors (Lipinski definition) is 9. The molecule has 0 unspecified atom stereocenters. The molecule has 2 aromatic carbocycles. The third kappa shape index (κ3) is 11.7. The quantitative estimate of drug-likeness (QED) is 0.254. The normalized spacial score (nSPS) is 16.5. The first kappa shape index (κ1) is 46.0. The van der Waals surface area contributed by atoms with Gasteiger partial charge in [0.05, 0.1) is 38.8 Å². The van der Waals surface area contributed by atoms with Gasteiger partial charge in [0.15, 0.2) is 0 Å². The van der Waals surface area contributed by atoms with E-state index in [0.717, 1.165) is 34.1 Å². The Morgan fingerprint density at radius 1 is 1.04 bits per heavy atom. The lowest BCUT2D eigenvalue weighted by atomic mass is 9.96. The van der Waals surface area contributed by atoms with Gasteiger partial charge >= 0.3 is 6.18 Å². The second kappa shape index (κ2) is 18.5. The highest BCUT2D eigenvalue weighted by Crippen LogP contribution is 2.37. The van der Waals surface area contributed by atoms with Gasteiger partial charge in [-0.2, -0.15) is 17.9 Å². The van der Waals surface area contributed by atoms with Crippen molar-refractivity contribution in [1.82, 2.24) is 19.5 Å². The number of carboxylic acid groups (broad SMARTS) is 1. The Morgan fingerprint density at radius 3 is 2.21 bits per heavy atom. The zero-order valence-corrected chi connectivity index (χ0v) is 34.9. The lowest BCUT2D eigenvalue weighted by molar-refractivity contribution is -0.870. The van der Waals surface area contributed by atoms with Crippen LogP contribution in [0.4, 0.5) is 13.2 Å². The van der Waals surface area contributed by atoms with Crippen molar-refractivity contribution in [3.05, 3.63) is 63.3 Å². The molecule has 3 aromatic rings. The number of nitrogens with two attached hydrogens (primary N) is 1. The zero-order valence-electron chi connectivity index (χ0n) is 32.5. The average molecular weight is 862 g/mol. The molecule has 1 aliphatic carbocycles. The van der Waals surface area contributed by atoms with E-state index in [-0.39, 0.29) is 33.4 Å². The highest BCUT2D eigenvalue weighted by Gasteiger charge is 2.47. The van der Waals surface area contributed by atoms with Crippen LogP contribution in [0.2, 0.25) is 10.0 Å². The number of nitrogens with one attached hydrogen (secondary N) is 1. The van der Waals surface area contributed by atoms with Gasteiger partial charge in [0, 0.05) is 47.8 Å². The number of sulfonamides is 1. The number of benzene rings is 2. The minimum absolute atomic E-state index is 0.0731. The number of piperazine rings is 1. The molecular formula is C38H49Cl2F3N6O7S. The lowest BCUT2D eigenvalue weighted by Crippen LogP contribution is -2.62. The van der Waals surface area contributed by atoms with Crippen molar-refractivity contribution in [2.24, 2.45) is 5.73 Å². The van der Waals surface area contributed by atoms with Crippen LogP contribution < -0.4 is 20.3 Å². The van der Waals surface area contributed by atoms with Gasteiger partial charge in [0.25, 0.3) is 0 Å². The predicted molar refractivity (Wildman–Crippen MR) is 208 cm³/mol. The van der Waals surface area contributed by atoms with Crippen molar-refractivity contribution in [2.75, 3.05) is 53.9 Å². The molecule has 1 aliphatic heterocycles. The third-order valence-electron chi connectivity index (χ3n) is 9.92. The molecule has 2 aliphatic rings. The highest BCUT2D eigenvalue weighted by atomic mass is 35.5. The number of quaternary nitrogens is 1. The van der Waals surface area contributed by atoms with E-state index in [0.29, 0.717) is 75.1 Å². The Bertz CT molecular complexity index is 2070. The van der Waals surface area contributed by atoms with Crippen LogP contribution in [-0.4, -0.2) is 117 Å². The fraction of sp³-hybridized carbons (Fsp3) is 0.526. The Hall–Kier alpha value is -3.74. The van der Waals surface area contributed by atoms with Crippen molar-refractivity contribution >= 4 is 61.9 Å². The number of pyridine rings is 1. The van der Waals surface area contributed by atoms with Crippen LogP contribution >= 0.6 is 23.2 Å². The summed E-state index contributed by atoms with van der Waals surface area (Å²) >= 11 is 13.3. The van der Waals surface area contributed by atoms with Gasteiger partial charge in [-0.1, -0.05) is 48.2 Å². The highest BCUT2D eigenvalue weighted by molar-refractivity contribution is 7.89. The van der Waals surface area contributed by atoms with E-state index >= 15 is 0 Å². The van der Waals surface area contributed by atoms with Crippen LogP contribution in [-0.2, 0) is 31.0 Å². The van der Waals surface area contributed by atoms with Crippen molar-refractivity contribution in [2.45, 2.75) is 81.6 Å². The topological polar surface area (TPSA) is 175 Å². The Kier molecular flexibility index (Phi) is 14.9. The van der Waals surface area contributed by atoms with Gasteiger partial charge in [-0.05, 0) is 69.4 Å². The summed E-state index contributed by atoms with van der Waals surface area (Å²) in [4.78, 5) is 43.8. The predicted octanol–water partition coefficient (Wildman–Crippen LogP) is 4.11. The summed E-state index contributed by atoms with van der Waals surface area (Å²) in [5.41, 5.74) is 7.82. The summed E-state index contributed by atoms with van der Waals surface area (Å²) < 4.78 is 69.3. The Labute approximate surface area is 340 Å². The number of fused-ring (bicyclic) bond motifs is 1. The fourth-order valence-electron chi connectivity index (χ4n) is 6.96. The molecule has 2 amide bonds. The fourth-order valence-corrected chi connectivity index (χ4v) is 9.27. The summed E-state index contributed by atoms with van der Waals surface area (Å²) in [6.07, 6.45) is -1.66.